The topological polar surface area (TPSA) is 111 Å². The summed E-state index contributed by atoms with van der Waals surface area (Å²) in [5.74, 6) is -1.17. The third-order valence-corrected chi connectivity index (χ3v) is 3.27. The van der Waals surface area contributed by atoms with Crippen molar-refractivity contribution in [2.24, 2.45) is 0 Å². The molecule has 0 aliphatic heterocycles. The molecule has 124 valence electrons. The van der Waals surface area contributed by atoms with Crippen molar-refractivity contribution in [3.63, 3.8) is 0 Å². The number of carbonyl (C=O) groups is 2. The van der Waals surface area contributed by atoms with Crippen molar-refractivity contribution in [3.8, 4) is 0 Å². The molecule has 0 heterocycles. The lowest BCUT2D eigenvalue weighted by atomic mass is 10.1. The van der Waals surface area contributed by atoms with Crippen molar-refractivity contribution in [2.75, 3.05) is 18.5 Å². The zero-order chi connectivity index (χ0) is 16.8. The van der Waals surface area contributed by atoms with Gasteiger partial charge in [0.2, 0.25) is 0 Å². The van der Waals surface area contributed by atoms with Crippen LogP contribution >= 0.6 is 0 Å². The summed E-state index contributed by atoms with van der Waals surface area (Å²) in [6, 6.07) is 4.36. The summed E-state index contributed by atoms with van der Waals surface area (Å²) in [5.41, 5.74) is 0.248. The number of nitrogens with zero attached hydrogens (tertiary/aromatic N) is 1. The molecular weight excluding hydrogens is 302 g/mol. The monoisotopic (exact) mass is 321 g/mol. The summed E-state index contributed by atoms with van der Waals surface area (Å²) < 4.78 is 4.86. The van der Waals surface area contributed by atoms with Gasteiger partial charge in [-0.15, -0.1) is 0 Å². The van der Waals surface area contributed by atoms with E-state index >= 15 is 0 Å². The van der Waals surface area contributed by atoms with Gasteiger partial charge in [0.1, 0.15) is 5.69 Å². The molecule has 8 nitrogen and oxygen atoms in total. The Morgan fingerprint density at radius 2 is 2.13 bits per heavy atom. The van der Waals surface area contributed by atoms with Crippen molar-refractivity contribution < 1.29 is 19.2 Å². The number of hydrogen-bond donors (Lipinski definition) is 2. The van der Waals surface area contributed by atoms with Crippen LogP contribution in [0, 0.1) is 10.1 Å². The van der Waals surface area contributed by atoms with Crippen LogP contribution in [-0.4, -0.2) is 36.0 Å². The smallest absolute Gasteiger partial charge is 0.338 e. The molecule has 1 saturated carbocycles. The van der Waals surface area contributed by atoms with Crippen molar-refractivity contribution in [3.05, 3.63) is 33.9 Å². The largest absolute Gasteiger partial charge is 0.452 e. The highest BCUT2D eigenvalue weighted by molar-refractivity contribution is 5.93. The molecule has 1 aliphatic rings. The van der Waals surface area contributed by atoms with Crippen LogP contribution in [0.5, 0.6) is 0 Å². The van der Waals surface area contributed by atoms with Gasteiger partial charge in [0, 0.05) is 18.7 Å². The summed E-state index contributed by atoms with van der Waals surface area (Å²) in [6.07, 6.45) is 2.74. The Balaban J connectivity index is 2.00. The standard InChI is InChI=1S/C15H19N3O5/c1-2-7-16-14(19)9-23-15(20)10-3-6-12(17-11-4-5-11)13(8-10)18(21)22/h3,6,8,11,17H,2,4-5,7,9H2,1H3,(H,16,19). The Bertz CT molecular complexity index is 613. The van der Waals surface area contributed by atoms with Crippen LogP contribution in [0.1, 0.15) is 36.5 Å². The van der Waals surface area contributed by atoms with Crippen LogP contribution < -0.4 is 10.6 Å². The molecule has 8 heteroatoms. The van der Waals surface area contributed by atoms with Gasteiger partial charge in [-0.1, -0.05) is 6.92 Å². The number of carbonyl (C=O) groups excluding carboxylic acids is 2. The minimum Gasteiger partial charge on any atom is -0.452 e. The number of benzene rings is 1. The third-order valence-electron chi connectivity index (χ3n) is 3.27. The molecular formula is C15H19N3O5. The molecule has 0 atom stereocenters. The lowest BCUT2D eigenvalue weighted by Gasteiger charge is -2.08. The molecule has 1 aromatic carbocycles. The van der Waals surface area contributed by atoms with Crippen LogP contribution in [0.2, 0.25) is 0 Å². The highest BCUT2D eigenvalue weighted by atomic mass is 16.6. The number of anilines is 1. The van der Waals surface area contributed by atoms with Crippen LogP contribution in [0.3, 0.4) is 0 Å². The Kier molecular flexibility index (Phi) is 5.51. The van der Waals surface area contributed by atoms with Gasteiger partial charge in [-0.3, -0.25) is 14.9 Å². The number of ether oxygens (including phenoxy) is 1. The lowest BCUT2D eigenvalue weighted by Crippen LogP contribution is -2.29. The summed E-state index contributed by atoms with van der Waals surface area (Å²) >= 11 is 0. The zero-order valence-electron chi connectivity index (χ0n) is 12.8. The maximum absolute atomic E-state index is 11.9. The van der Waals surface area contributed by atoms with E-state index in [2.05, 4.69) is 10.6 Å². The Morgan fingerprint density at radius 3 is 2.74 bits per heavy atom. The summed E-state index contributed by atoms with van der Waals surface area (Å²) in [7, 11) is 0. The molecule has 1 aromatic rings. The van der Waals surface area contributed by atoms with E-state index in [0.717, 1.165) is 25.3 Å². The number of esters is 1. The molecule has 2 rings (SSSR count). The van der Waals surface area contributed by atoms with Crippen LogP contribution in [0.25, 0.3) is 0 Å². The SMILES string of the molecule is CCCNC(=O)COC(=O)c1ccc(NC2CC2)c([N+](=O)[O-])c1. The van der Waals surface area contributed by atoms with E-state index < -0.39 is 23.4 Å². The molecule has 0 aromatic heterocycles. The molecule has 1 amide bonds. The van der Waals surface area contributed by atoms with Crippen LogP contribution in [0.15, 0.2) is 18.2 Å². The van der Waals surface area contributed by atoms with E-state index in [1.54, 1.807) is 0 Å². The first-order valence-electron chi connectivity index (χ1n) is 7.50. The predicted octanol–water partition coefficient (Wildman–Crippen LogP) is 1.85. The minimum atomic E-state index is -0.766. The minimum absolute atomic E-state index is 0.0429. The van der Waals surface area contributed by atoms with E-state index in [1.165, 1.54) is 12.1 Å². The van der Waals surface area contributed by atoms with Gasteiger partial charge in [0.25, 0.3) is 11.6 Å². The lowest BCUT2D eigenvalue weighted by molar-refractivity contribution is -0.384. The second kappa shape index (κ2) is 7.57. The highest BCUT2D eigenvalue weighted by Gasteiger charge is 2.25. The Hall–Kier alpha value is -2.64. The van der Waals surface area contributed by atoms with Crippen molar-refractivity contribution >= 4 is 23.3 Å². The third kappa shape index (κ3) is 4.94. The molecule has 1 aliphatic carbocycles. The van der Waals surface area contributed by atoms with Gasteiger partial charge in [-0.2, -0.15) is 0 Å². The van der Waals surface area contributed by atoms with E-state index in [4.69, 9.17) is 4.74 Å². The van der Waals surface area contributed by atoms with Crippen molar-refractivity contribution in [1.29, 1.82) is 0 Å². The summed E-state index contributed by atoms with van der Waals surface area (Å²) in [6.45, 7) is 2.00. The zero-order valence-corrected chi connectivity index (χ0v) is 12.8. The average molecular weight is 321 g/mol. The van der Waals surface area contributed by atoms with E-state index in [-0.39, 0.29) is 17.3 Å². The van der Waals surface area contributed by atoms with Gasteiger partial charge in [-0.05, 0) is 31.4 Å². The van der Waals surface area contributed by atoms with E-state index in [9.17, 15) is 19.7 Å². The highest BCUT2D eigenvalue weighted by Crippen LogP contribution is 2.31. The van der Waals surface area contributed by atoms with Crippen LogP contribution in [0.4, 0.5) is 11.4 Å². The van der Waals surface area contributed by atoms with E-state index in [0.29, 0.717) is 12.2 Å². The second-order valence-corrected chi connectivity index (χ2v) is 5.33. The molecule has 0 bridgehead atoms. The quantitative estimate of drug-likeness (QED) is 0.429. The first kappa shape index (κ1) is 16.7. The first-order valence-corrected chi connectivity index (χ1v) is 7.50. The van der Waals surface area contributed by atoms with Gasteiger partial charge in [0.15, 0.2) is 6.61 Å². The van der Waals surface area contributed by atoms with Crippen LogP contribution in [-0.2, 0) is 9.53 Å². The molecule has 0 unspecified atom stereocenters. The van der Waals surface area contributed by atoms with Gasteiger partial charge in [-0.25, -0.2) is 4.79 Å². The predicted molar refractivity (Wildman–Crippen MR) is 83.3 cm³/mol. The van der Waals surface area contributed by atoms with Crippen molar-refractivity contribution in [2.45, 2.75) is 32.2 Å². The van der Waals surface area contributed by atoms with Gasteiger partial charge >= 0.3 is 5.97 Å². The maximum atomic E-state index is 11.9. The van der Waals surface area contributed by atoms with E-state index in [1.807, 2.05) is 6.92 Å². The second-order valence-electron chi connectivity index (χ2n) is 5.33. The fraction of sp³-hybridized carbons (Fsp3) is 0.467. The van der Waals surface area contributed by atoms with Crippen molar-refractivity contribution in [1.82, 2.24) is 5.32 Å². The number of rotatable bonds is 8. The maximum Gasteiger partial charge on any atom is 0.338 e. The summed E-state index contributed by atoms with van der Waals surface area (Å²) in [4.78, 5) is 33.9. The first-order chi connectivity index (χ1) is 11.0. The average Bonchev–Trinajstić information content (AvgIpc) is 3.34. The molecule has 23 heavy (non-hydrogen) atoms. The molecule has 2 N–H and O–H groups in total. The number of amides is 1. The molecule has 0 spiro atoms. The summed E-state index contributed by atoms with van der Waals surface area (Å²) in [5, 5.41) is 16.8. The van der Waals surface area contributed by atoms with Gasteiger partial charge in [0.05, 0.1) is 10.5 Å². The normalized spacial score (nSPS) is 13.3. The van der Waals surface area contributed by atoms with Gasteiger partial charge < -0.3 is 15.4 Å². The number of nitro benzene ring substituents is 1. The molecule has 1 fully saturated rings. The molecule has 0 saturated heterocycles. The number of nitrogens with one attached hydrogen (secondary N) is 2. The Morgan fingerprint density at radius 1 is 1.39 bits per heavy atom. The Labute approximate surface area is 133 Å². The fourth-order valence-electron chi connectivity index (χ4n) is 1.91. The molecule has 0 radical (unpaired) electrons. The number of hydrogen-bond acceptors (Lipinski definition) is 6. The fourth-order valence-corrected chi connectivity index (χ4v) is 1.91. The number of nitro groups is 1.